The fraction of sp³-hybridized carbons (Fsp3) is 0. The van der Waals surface area contributed by atoms with Crippen LogP contribution in [0, 0.1) is 11.6 Å². The Labute approximate surface area is 137 Å². The normalized spacial score (nSPS) is 19.0. The molecule has 114 valence electrons. The summed E-state index contributed by atoms with van der Waals surface area (Å²) in [7, 11) is -2.10. The quantitative estimate of drug-likeness (QED) is 0.463. The molecule has 3 aromatic carbocycles. The predicted molar refractivity (Wildman–Crippen MR) is 86.1 cm³/mol. The van der Waals surface area contributed by atoms with Crippen LogP contribution in [0.2, 0.25) is 0 Å². The first-order chi connectivity index (χ1) is 11.1. The summed E-state index contributed by atoms with van der Waals surface area (Å²) < 4.78 is 40.4. The van der Waals surface area contributed by atoms with E-state index in [2.05, 4.69) is 0 Å². The fourth-order valence-corrected chi connectivity index (χ4v) is 6.87. The third-order valence-electron chi connectivity index (χ3n) is 3.63. The monoisotopic (exact) mass is 345 g/mol. The Balaban J connectivity index is 2.05. The third kappa shape index (κ3) is 2.40. The van der Waals surface area contributed by atoms with E-state index < -0.39 is 21.7 Å². The van der Waals surface area contributed by atoms with Gasteiger partial charge in [0.1, 0.15) is 32.3 Å². The molecule has 1 aliphatic heterocycles. The standard InChI is InChI=1S/C18H11F2OS2/c19-12-6-8-15-17(10-12)22(14-4-2-1-3-5-14)18-11-13(20)7-9-16(18)23(15)21/h1-11H/q+1. The highest BCUT2D eigenvalue weighted by atomic mass is 32.2. The van der Waals surface area contributed by atoms with Gasteiger partial charge >= 0.3 is 0 Å². The van der Waals surface area contributed by atoms with E-state index in [1.807, 2.05) is 30.3 Å². The SMILES string of the molecule is O=S1c2ccc(F)cc2[S+](c2ccccc2)c2cc(F)ccc21. The van der Waals surface area contributed by atoms with Crippen LogP contribution in [0.5, 0.6) is 0 Å². The number of halogens is 2. The first-order valence-corrected chi connectivity index (χ1v) is 9.33. The van der Waals surface area contributed by atoms with Crippen molar-refractivity contribution in [2.75, 3.05) is 0 Å². The Kier molecular flexibility index (Phi) is 3.54. The molecule has 0 radical (unpaired) electrons. The molecule has 1 aliphatic rings. The van der Waals surface area contributed by atoms with Gasteiger partial charge in [-0.1, -0.05) is 18.2 Å². The Hall–Kier alpha value is -1.98. The van der Waals surface area contributed by atoms with Crippen molar-refractivity contribution in [3.05, 3.63) is 78.4 Å². The molecule has 0 saturated carbocycles. The maximum atomic E-state index is 13.8. The minimum absolute atomic E-state index is 0.381. The zero-order valence-corrected chi connectivity index (χ0v) is 13.5. The number of hydrogen-bond donors (Lipinski definition) is 0. The molecule has 4 rings (SSSR count). The van der Waals surface area contributed by atoms with Crippen LogP contribution >= 0.6 is 0 Å². The highest BCUT2D eigenvalue weighted by Gasteiger charge is 2.41. The van der Waals surface area contributed by atoms with E-state index in [-0.39, 0.29) is 11.6 Å². The van der Waals surface area contributed by atoms with Crippen LogP contribution in [0.3, 0.4) is 0 Å². The van der Waals surface area contributed by atoms with Crippen LogP contribution in [0.4, 0.5) is 8.78 Å². The Morgan fingerprint density at radius 2 is 1.26 bits per heavy atom. The van der Waals surface area contributed by atoms with Gasteiger partial charge in [0.2, 0.25) is 0 Å². The lowest BCUT2D eigenvalue weighted by molar-refractivity contribution is 0.617. The van der Waals surface area contributed by atoms with Gasteiger partial charge in [0.15, 0.2) is 14.7 Å². The molecule has 0 N–H and O–H groups in total. The van der Waals surface area contributed by atoms with E-state index in [4.69, 9.17) is 0 Å². The maximum Gasteiger partial charge on any atom is 0.186 e. The average molecular weight is 345 g/mol. The van der Waals surface area contributed by atoms with Crippen molar-refractivity contribution in [3.63, 3.8) is 0 Å². The van der Waals surface area contributed by atoms with Gasteiger partial charge in [0.05, 0.1) is 10.8 Å². The van der Waals surface area contributed by atoms with E-state index in [0.717, 1.165) is 4.90 Å². The van der Waals surface area contributed by atoms with Crippen molar-refractivity contribution in [1.29, 1.82) is 0 Å². The molecule has 0 fully saturated rings. The van der Waals surface area contributed by atoms with Gasteiger partial charge in [-0.2, -0.15) is 0 Å². The molecule has 0 amide bonds. The van der Waals surface area contributed by atoms with E-state index >= 15 is 0 Å². The summed E-state index contributed by atoms with van der Waals surface area (Å²) in [5, 5.41) is 0. The molecule has 0 aliphatic carbocycles. The Morgan fingerprint density at radius 1 is 0.739 bits per heavy atom. The summed E-state index contributed by atoms with van der Waals surface area (Å²) in [5.41, 5.74) is 0. The molecule has 0 atom stereocenters. The number of fused-ring (bicyclic) bond motifs is 2. The van der Waals surface area contributed by atoms with E-state index in [0.29, 0.717) is 19.6 Å². The molecule has 23 heavy (non-hydrogen) atoms. The van der Waals surface area contributed by atoms with Crippen LogP contribution in [0.25, 0.3) is 0 Å². The molecular weight excluding hydrogens is 334 g/mol. The highest BCUT2D eigenvalue weighted by Crippen LogP contribution is 2.43. The summed E-state index contributed by atoms with van der Waals surface area (Å²) >= 11 is 0. The average Bonchev–Trinajstić information content (AvgIpc) is 2.55. The topological polar surface area (TPSA) is 17.1 Å². The van der Waals surface area contributed by atoms with Crippen LogP contribution in [-0.2, 0) is 21.7 Å². The van der Waals surface area contributed by atoms with Gasteiger partial charge in [-0.15, -0.1) is 0 Å². The number of rotatable bonds is 1. The molecule has 1 nitrogen and oxygen atoms in total. The first-order valence-electron chi connectivity index (χ1n) is 6.95. The van der Waals surface area contributed by atoms with Crippen molar-refractivity contribution in [2.24, 2.45) is 0 Å². The third-order valence-corrected chi connectivity index (χ3v) is 7.70. The van der Waals surface area contributed by atoms with Crippen LogP contribution in [-0.4, -0.2) is 4.21 Å². The number of hydrogen-bond acceptors (Lipinski definition) is 1. The summed E-state index contributed by atoms with van der Waals surface area (Å²) in [6.07, 6.45) is 0. The second-order valence-electron chi connectivity index (χ2n) is 5.07. The van der Waals surface area contributed by atoms with Gasteiger partial charge in [-0.3, -0.25) is 0 Å². The van der Waals surface area contributed by atoms with Crippen molar-refractivity contribution in [2.45, 2.75) is 24.5 Å². The second-order valence-corrected chi connectivity index (χ2v) is 8.45. The van der Waals surface area contributed by atoms with Gasteiger partial charge in [0, 0.05) is 12.1 Å². The van der Waals surface area contributed by atoms with Crippen molar-refractivity contribution in [1.82, 2.24) is 0 Å². The Bertz CT molecular complexity index is 870. The predicted octanol–water partition coefficient (Wildman–Crippen LogP) is 4.54. The smallest absolute Gasteiger partial charge is 0.186 e. The van der Waals surface area contributed by atoms with Gasteiger partial charge < -0.3 is 0 Å². The summed E-state index contributed by atoms with van der Waals surface area (Å²) in [6.45, 7) is 0. The lowest BCUT2D eigenvalue weighted by atomic mass is 10.3. The molecule has 0 saturated heterocycles. The zero-order chi connectivity index (χ0) is 16.0. The first kappa shape index (κ1) is 14.6. The molecule has 0 spiro atoms. The maximum absolute atomic E-state index is 13.8. The second kappa shape index (κ2) is 5.58. The van der Waals surface area contributed by atoms with Gasteiger partial charge in [0.25, 0.3) is 0 Å². The molecule has 0 bridgehead atoms. The lowest BCUT2D eigenvalue weighted by Crippen LogP contribution is -2.17. The molecule has 3 aromatic rings. The minimum atomic E-state index is -1.43. The lowest BCUT2D eigenvalue weighted by Gasteiger charge is -2.19. The van der Waals surface area contributed by atoms with Gasteiger partial charge in [-0.25, -0.2) is 13.0 Å². The molecule has 1 heterocycles. The summed E-state index contributed by atoms with van der Waals surface area (Å²) in [5.74, 6) is -0.761. The van der Waals surface area contributed by atoms with Crippen LogP contribution in [0.15, 0.2) is 91.2 Å². The molecule has 5 heteroatoms. The van der Waals surface area contributed by atoms with Crippen LogP contribution in [0.1, 0.15) is 0 Å². The van der Waals surface area contributed by atoms with Crippen molar-refractivity contribution in [3.8, 4) is 0 Å². The molecule has 0 unspecified atom stereocenters. The largest absolute Gasteiger partial charge is 0.249 e. The van der Waals surface area contributed by atoms with E-state index in [1.165, 1.54) is 24.3 Å². The Morgan fingerprint density at radius 3 is 1.78 bits per heavy atom. The number of benzene rings is 3. The van der Waals surface area contributed by atoms with Crippen molar-refractivity contribution < 1.29 is 13.0 Å². The van der Waals surface area contributed by atoms with E-state index in [9.17, 15) is 13.0 Å². The van der Waals surface area contributed by atoms with Crippen LogP contribution < -0.4 is 0 Å². The zero-order valence-electron chi connectivity index (χ0n) is 11.8. The van der Waals surface area contributed by atoms with Gasteiger partial charge in [-0.05, 0) is 36.4 Å². The summed E-state index contributed by atoms with van der Waals surface area (Å²) in [6, 6.07) is 18.1. The molecule has 0 aromatic heterocycles. The van der Waals surface area contributed by atoms with E-state index in [1.54, 1.807) is 12.1 Å². The highest BCUT2D eigenvalue weighted by molar-refractivity contribution is 7.99. The summed E-state index contributed by atoms with van der Waals surface area (Å²) in [4.78, 5) is 3.46. The molecular formula is C18H11F2OS2+. The minimum Gasteiger partial charge on any atom is -0.249 e. The fourth-order valence-electron chi connectivity index (χ4n) is 2.64. The van der Waals surface area contributed by atoms with Crippen molar-refractivity contribution >= 4 is 21.7 Å².